The number of nitrogens with one attached hydrogen (secondary N) is 1. The SMILES string of the molecule is Cc1ccc(S(=O)(=O)Nc2cc(C(C(=O)C(C)C)C(=O)C(F)(F)F)c(O)c3ccccc23)cc1[N+](=O)[O-]. The van der Waals surface area contributed by atoms with Crippen molar-refractivity contribution in [1.29, 1.82) is 0 Å². The van der Waals surface area contributed by atoms with Crippen LogP contribution in [0.2, 0.25) is 0 Å². The number of hydrogen-bond donors (Lipinski definition) is 2. The highest BCUT2D eigenvalue weighted by atomic mass is 32.2. The van der Waals surface area contributed by atoms with Gasteiger partial charge in [-0.2, -0.15) is 13.2 Å². The number of aromatic hydroxyl groups is 1. The molecule has 1 atom stereocenters. The maximum Gasteiger partial charge on any atom is 0.451 e. The molecule has 0 amide bonds. The van der Waals surface area contributed by atoms with Crippen LogP contribution in [0.4, 0.5) is 24.5 Å². The normalized spacial score (nSPS) is 12.9. The highest BCUT2D eigenvalue weighted by Crippen LogP contribution is 2.42. The van der Waals surface area contributed by atoms with Gasteiger partial charge in [-0.25, -0.2) is 8.42 Å². The fraction of sp³-hybridized carbons (Fsp3) is 0.250. The zero-order valence-electron chi connectivity index (χ0n) is 19.7. The predicted molar refractivity (Wildman–Crippen MR) is 128 cm³/mol. The summed E-state index contributed by atoms with van der Waals surface area (Å²) < 4.78 is 68.7. The molecule has 0 aromatic heterocycles. The van der Waals surface area contributed by atoms with E-state index in [1.165, 1.54) is 51.1 Å². The van der Waals surface area contributed by atoms with Crippen LogP contribution < -0.4 is 4.72 Å². The second-order valence-electron chi connectivity index (χ2n) is 8.57. The molecule has 37 heavy (non-hydrogen) atoms. The number of rotatable bonds is 8. The first kappa shape index (κ1) is 27.6. The van der Waals surface area contributed by atoms with Crippen LogP contribution in [-0.2, 0) is 19.6 Å². The molecule has 0 saturated heterocycles. The van der Waals surface area contributed by atoms with E-state index in [0.29, 0.717) is 0 Å². The van der Waals surface area contributed by atoms with Crippen LogP contribution in [0.1, 0.15) is 30.9 Å². The Balaban J connectivity index is 2.27. The van der Waals surface area contributed by atoms with Crippen molar-refractivity contribution in [2.24, 2.45) is 5.92 Å². The van der Waals surface area contributed by atoms with Crippen molar-refractivity contribution < 1.29 is 41.2 Å². The maximum absolute atomic E-state index is 13.4. The first-order valence-corrected chi connectivity index (χ1v) is 12.2. The van der Waals surface area contributed by atoms with Crippen molar-refractivity contribution in [3.63, 3.8) is 0 Å². The zero-order chi connectivity index (χ0) is 27.9. The third-order valence-electron chi connectivity index (χ3n) is 5.68. The number of anilines is 1. The largest absolute Gasteiger partial charge is 0.507 e. The summed E-state index contributed by atoms with van der Waals surface area (Å²) in [5.41, 5.74) is -1.35. The molecule has 0 aliphatic carbocycles. The molecule has 196 valence electrons. The molecule has 0 bridgehead atoms. The van der Waals surface area contributed by atoms with Gasteiger partial charge in [0, 0.05) is 33.9 Å². The summed E-state index contributed by atoms with van der Waals surface area (Å²) in [6.07, 6.45) is -5.42. The fourth-order valence-corrected chi connectivity index (χ4v) is 4.85. The van der Waals surface area contributed by atoms with E-state index >= 15 is 0 Å². The van der Waals surface area contributed by atoms with Gasteiger partial charge >= 0.3 is 6.18 Å². The number of Topliss-reactive ketones (excluding diaryl/α,β-unsaturated/α-hetero) is 2. The number of phenolic OH excluding ortho intramolecular Hbond substituents is 1. The Hall–Kier alpha value is -4.00. The lowest BCUT2D eigenvalue weighted by atomic mass is 9.83. The third kappa shape index (κ3) is 5.40. The average molecular weight is 539 g/mol. The van der Waals surface area contributed by atoms with Crippen LogP contribution in [0, 0.1) is 23.0 Å². The lowest BCUT2D eigenvalue weighted by molar-refractivity contribution is -0.385. The number of phenols is 1. The van der Waals surface area contributed by atoms with Gasteiger partial charge in [-0.3, -0.25) is 24.4 Å². The highest BCUT2D eigenvalue weighted by molar-refractivity contribution is 7.92. The minimum atomic E-state index is -5.42. The van der Waals surface area contributed by atoms with Gasteiger partial charge in [0.2, 0.25) is 0 Å². The van der Waals surface area contributed by atoms with Crippen molar-refractivity contribution in [3.8, 4) is 5.75 Å². The maximum atomic E-state index is 13.4. The number of carbonyl (C=O) groups excluding carboxylic acids is 2. The Morgan fingerprint density at radius 3 is 2.19 bits per heavy atom. The van der Waals surface area contributed by atoms with Crippen LogP contribution in [-0.4, -0.2) is 36.2 Å². The second kappa shape index (κ2) is 9.81. The van der Waals surface area contributed by atoms with Crippen LogP contribution in [0.3, 0.4) is 0 Å². The number of fused-ring (bicyclic) bond motifs is 1. The van der Waals surface area contributed by atoms with E-state index in [-0.39, 0.29) is 22.0 Å². The molecular formula is C24H21F3N2O7S. The number of hydrogen-bond acceptors (Lipinski definition) is 7. The Labute approximate surface area is 209 Å². The number of nitro benzene ring substituents is 1. The molecule has 9 nitrogen and oxygen atoms in total. The quantitative estimate of drug-likeness (QED) is 0.178. The minimum absolute atomic E-state index is 0.0455. The Morgan fingerprint density at radius 1 is 1.05 bits per heavy atom. The van der Waals surface area contributed by atoms with E-state index in [0.717, 1.165) is 18.2 Å². The molecular weight excluding hydrogens is 517 g/mol. The number of carbonyl (C=O) groups is 2. The lowest BCUT2D eigenvalue weighted by Crippen LogP contribution is -2.35. The number of ketones is 2. The van der Waals surface area contributed by atoms with Crippen molar-refractivity contribution >= 4 is 43.7 Å². The van der Waals surface area contributed by atoms with Crippen LogP contribution >= 0.6 is 0 Å². The fourth-order valence-electron chi connectivity index (χ4n) is 3.76. The number of benzene rings is 3. The summed E-state index contributed by atoms with van der Waals surface area (Å²) in [5.74, 6) is -7.82. The standard InChI is InChI=1S/C24H21F3N2O7S/c1-12(2)21(30)20(23(32)24(25,26)27)17-11-18(15-6-4-5-7-16(15)22(17)31)28-37(35,36)14-9-8-13(3)19(10-14)29(33)34/h4-12,20,28,31H,1-3H3. The molecule has 0 aliphatic rings. The van der Waals surface area contributed by atoms with Gasteiger partial charge in [0.15, 0.2) is 5.78 Å². The summed E-state index contributed by atoms with van der Waals surface area (Å²) in [5, 5.41) is 22.0. The van der Waals surface area contributed by atoms with E-state index < -0.39 is 66.4 Å². The van der Waals surface area contributed by atoms with Gasteiger partial charge in [-0.05, 0) is 19.1 Å². The Kier molecular flexibility index (Phi) is 7.31. The van der Waals surface area contributed by atoms with Crippen molar-refractivity contribution in [2.45, 2.75) is 37.8 Å². The zero-order valence-corrected chi connectivity index (χ0v) is 20.5. The van der Waals surface area contributed by atoms with Crippen LogP contribution in [0.25, 0.3) is 10.8 Å². The van der Waals surface area contributed by atoms with Crippen molar-refractivity contribution in [3.05, 3.63) is 69.8 Å². The molecule has 1 unspecified atom stereocenters. The summed E-state index contributed by atoms with van der Waals surface area (Å²) in [6.45, 7) is 3.97. The average Bonchev–Trinajstić information content (AvgIpc) is 2.80. The topological polar surface area (TPSA) is 144 Å². The molecule has 0 spiro atoms. The number of aryl methyl sites for hydroxylation is 1. The summed E-state index contributed by atoms with van der Waals surface area (Å²) >= 11 is 0. The molecule has 3 aromatic rings. The molecule has 3 aromatic carbocycles. The van der Waals surface area contributed by atoms with Gasteiger partial charge in [0.1, 0.15) is 11.7 Å². The third-order valence-corrected chi connectivity index (χ3v) is 7.05. The monoisotopic (exact) mass is 538 g/mol. The van der Waals surface area contributed by atoms with E-state index in [1.807, 2.05) is 0 Å². The van der Waals surface area contributed by atoms with Gasteiger partial charge < -0.3 is 5.11 Å². The first-order valence-electron chi connectivity index (χ1n) is 10.7. The molecule has 13 heteroatoms. The number of nitro groups is 1. The van der Waals surface area contributed by atoms with E-state index in [9.17, 15) is 46.4 Å². The van der Waals surface area contributed by atoms with Gasteiger partial charge in [0.05, 0.1) is 15.5 Å². The highest BCUT2D eigenvalue weighted by Gasteiger charge is 2.48. The van der Waals surface area contributed by atoms with E-state index in [2.05, 4.69) is 4.72 Å². The number of halogens is 3. The van der Waals surface area contributed by atoms with Gasteiger partial charge in [-0.1, -0.05) is 44.2 Å². The summed E-state index contributed by atoms with van der Waals surface area (Å²) in [7, 11) is -4.55. The number of sulfonamides is 1. The molecule has 3 rings (SSSR count). The molecule has 2 N–H and O–H groups in total. The van der Waals surface area contributed by atoms with Crippen LogP contribution in [0.5, 0.6) is 5.75 Å². The molecule has 0 saturated carbocycles. The second-order valence-corrected chi connectivity index (χ2v) is 10.3. The molecule has 0 aliphatic heterocycles. The van der Waals surface area contributed by atoms with E-state index in [4.69, 9.17) is 0 Å². The number of nitrogens with zero attached hydrogens (tertiary/aromatic N) is 1. The Morgan fingerprint density at radius 2 is 1.65 bits per heavy atom. The molecule has 0 radical (unpaired) electrons. The summed E-state index contributed by atoms with van der Waals surface area (Å²) in [4.78, 5) is 35.0. The molecule has 0 fully saturated rings. The van der Waals surface area contributed by atoms with Crippen molar-refractivity contribution in [2.75, 3.05) is 4.72 Å². The van der Waals surface area contributed by atoms with Gasteiger partial charge in [-0.15, -0.1) is 0 Å². The number of alkyl halides is 3. The van der Waals surface area contributed by atoms with Crippen LogP contribution in [0.15, 0.2) is 53.4 Å². The van der Waals surface area contributed by atoms with Gasteiger partial charge in [0.25, 0.3) is 21.5 Å². The van der Waals surface area contributed by atoms with E-state index in [1.54, 1.807) is 0 Å². The minimum Gasteiger partial charge on any atom is -0.507 e. The lowest BCUT2D eigenvalue weighted by Gasteiger charge is -2.22. The smallest absolute Gasteiger partial charge is 0.451 e. The summed E-state index contributed by atoms with van der Waals surface area (Å²) in [6, 6.07) is 9.45. The molecule has 0 heterocycles. The first-order chi connectivity index (χ1) is 17.1. The Bertz CT molecular complexity index is 1530. The van der Waals surface area contributed by atoms with Crippen molar-refractivity contribution in [1.82, 2.24) is 0 Å². The predicted octanol–water partition coefficient (Wildman–Crippen LogP) is 5.00.